The van der Waals surface area contributed by atoms with Gasteiger partial charge in [0, 0.05) is 0 Å². The Morgan fingerprint density at radius 1 is 1.50 bits per heavy atom. The molecule has 0 aliphatic carbocycles. The van der Waals surface area contributed by atoms with E-state index in [1.54, 1.807) is 0 Å². The summed E-state index contributed by atoms with van der Waals surface area (Å²) >= 11 is 0. The second kappa shape index (κ2) is 26.7. The quantitative estimate of drug-likeness (QED) is 0.458. The summed E-state index contributed by atoms with van der Waals surface area (Å²) in [5, 5.41) is 0. The van der Waals surface area contributed by atoms with Crippen LogP contribution < -0.4 is 0 Å². The van der Waals surface area contributed by atoms with Crippen molar-refractivity contribution < 1.29 is 9.46 Å². The first kappa shape index (κ1) is 24.0. The van der Waals surface area contributed by atoms with Crippen molar-refractivity contribution >= 4 is 78.0 Å². The fourth-order valence-electron chi connectivity index (χ4n) is 0. The summed E-state index contributed by atoms with van der Waals surface area (Å²) in [5.74, 6) is 0. The molecule has 6 heteroatoms. The Labute approximate surface area is 86.2 Å². The summed E-state index contributed by atoms with van der Waals surface area (Å²) < 4.78 is 8.46. The molecule has 0 aromatic heterocycles. The van der Waals surface area contributed by atoms with E-state index in [-0.39, 0.29) is 69.3 Å². The number of hydrogen-bond donors (Lipinski definition) is 1. The molecule has 0 bridgehead atoms. The SMILES string of the molecule is Cl.O=PO.[NaH].[PbH2]. The van der Waals surface area contributed by atoms with E-state index in [0.717, 1.165) is 0 Å². The molecular weight excluding hydrogens is 329 g/mol. The first-order valence-electron chi connectivity index (χ1n) is 0.383. The fraction of sp³-hybridized carbons (Fsp3) is 0. The van der Waals surface area contributed by atoms with E-state index < -0.39 is 8.69 Å². The van der Waals surface area contributed by atoms with Gasteiger partial charge in [0.15, 0.2) is 0 Å². The average molecular weight is 334 g/mol. The van der Waals surface area contributed by atoms with Crippen molar-refractivity contribution in [3.05, 3.63) is 0 Å². The molecule has 0 unspecified atom stereocenters. The molecule has 0 aromatic rings. The number of hydrogen-bond acceptors (Lipinski definition) is 1. The monoisotopic (exact) mass is 334 g/mol. The third kappa shape index (κ3) is 33.8. The molecule has 0 spiro atoms. The van der Waals surface area contributed by atoms with Crippen LogP contribution in [0.4, 0.5) is 0 Å². The molecule has 0 aliphatic rings. The van der Waals surface area contributed by atoms with Crippen LogP contribution >= 0.6 is 21.1 Å². The van der Waals surface area contributed by atoms with E-state index in [0.29, 0.717) is 0 Å². The van der Waals surface area contributed by atoms with Crippen LogP contribution in [0.1, 0.15) is 0 Å². The summed E-state index contributed by atoms with van der Waals surface area (Å²) in [5.41, 5.74) is 0. The zero-order chi connectivity index (χ0) is 2.71. The molecule has 0 atom stereocenters. The number of halogens is 1. The van der Waals surface area contributed by atoms with Crippen LogP contribution in [0.5, 0.6) is 0 Å². The molecule has 0 fully saturated rings. The first-order valence-corrected chi connectivity index (χ1v) is 1.15. The van der Waals surface area contributed by atoms with E-state index in [4.69, 9.17) is 9.46 Å². The van der Waals surface area contributed by atoms with Crippen LogP contribution in [-0.2, 0) is 4.57 Å². The van der Waals surface area contributed by atoms with E-state index in [1.165, 1.54) is 0 Å². The second-order valence-corrected chi connectivity index (χ2v) is 0.245. The predicted octanol–water partition coefficient (Wildman–Crippen LogP) is -0.958. The molecule has 34 valence electrons. The molecule has 0 rings (SSSR count). The van der Waals surface area contributed by atoms with Gasteiger partial charge >= 0.3 is 65.5 Å². The molecule has 2 nitrogen and oxygen atoms in total. The normalized spacial score (nSPS) is 3.50. The van der Waals surface area contributed by atoms with E-state index in [9.17, 15) is 0 Å². The van der Waals surface area contributed by atoms with E-state index in [1.807, 2.05) is 0 Å². The Balaban J connectivity index is -0.00000000667. The molecule has 1 N–H and O–H groups in total. The molecule has 0 saturated carbocycles. The molecule has 0 aromatic carbocycles. The minimum absolute atomic E-state index is 0. The van der Waals surface area contributed by atoms with Gasteiger partial charge in [-0.05, 0) is 0 Å². The standard InChI is InChI=1S/ClH.Na.HO2P.Pb.3H/c;;1-3-2;;;;/h1H;;(H,1,2);;;;. The van der Waals surface area contributed by atoms with Gasteiger partial charge in [-0.15, -0.1) is 12.4 Å². The summed E-state index contributed by atoms with van der Waals surface area (Å²) in [6.45, 7) is 0. The van der Waals surface area contributed by atoms with Gasteiger partial charge < -0.3 is 4.89 Å². The van der Waals surface area contributed by atoms with Gasteiger partial charge in [-0.1, -0.05) is 0 Å². The van der Waals surface area contributed by atoms with Crippen molar-refractivity contribution in [3.63, 3.8) is 0 Å². The van der Waals surface area contributed by atoms with Gasteiger partial charge in [0.05, 0.1) is 0 Å². The predicted molar refractivity (Wildman–Crippen MR) is 32.8 cm³/mol. The zero-order valence-corrected chi connectivity index (χ0v) is 9.63. The van der Waals surface area contributed by atoms with Crippen molar-refractivity contribution in [3.8, 4) is 0 Å². The third-order valence-corrected chi connectivity index (χ3v) is 0. The van der Waals surface area contributed by atoms with Crippen molar-refractivity contribution in [2.75, 3.05) is 0 Å². The van der Waals surface area contributed by atoms with Crippen LogP contribution in [0.15, 0.2) is 0 Å². The van der Waals surface area contributed by atoms with Crippen molar-refractivity contribution in [1.82, 2.24) is 0 Å². The summed E-state index contributed by atoms with van der Waals surface area (Å²) in [6, 6.07) is 0. The van der Waals surface area contributed by atoms with E-state index in [2.05, 4.69) is 0 Å². The summed E-state index contributed by atoms with van der Waals surface area (Å²) in [6.07, 6.45) is 0. The summed E-state index contributed by atoms with van der Waals surface area (Å²) in [4.78, 5) is 6.99. The van der Waals surface area contributed by atoms with E-state index >= 15 is 0 Å². The van der Waals surface area contributed by atoms with Gasteiger partial charge in [0.25, 0.3) is 0 Å². The first-order chi connectivity index (χ1) is 1.41. The fourth-order valence-corrected chi connectivity index (χ4v) is 0. The van der Waals surface area contributed by atoms with Crippen molar-refractivity contribution in [2.24, 2.45) is 0 Å². The Bertz CT molecular complexity index is 21.0. The Morgan fingerprint density at radius 3 is 1.50 bits per heavy atom. The van der Waals surface area contributed by atoms with Crippen LogP contribution in [0.25, 0.3) is 0 Å². The van der Waals surface area contributed by atoms with Gasteiger partial charge in [-0.2, -0.15) is 0 Å². The van der Waals surface area contributed by atoms with Crippen LogP contribution in [0.3, 0.4) is 0 Å². The minimum atomic E-state index is -0.833. The molecule has 0 amide bonds. The topological polar surface area (TPSA) is 37.3 Å². The van der Waals surface area contributed by atoms with Crippen LogP contribution in [0, 0.1) is 0 Å². The molecular formula is H5ClNaO2PPb. The molecule has 0 aliphatic heterocycles. The molecule has 0 heterocycles. The van der Waals surface area contributed by atoms with Crippen LogP contribution in [0.2, 0.25) is 0 Å². The average Bonchev–Trinajstić information content (AvgIpc) is 0.918. The third-order valence-electron chi connectivity index (χ3n) is 0. The zero-order valence-electron chi connectivity index (χ0n) is 2.42. The van der Waals surface area contributed by atoms with Gasteiger partial charge in [0.2, 0.25) is 0 Å². The number of rotatable bonds is 0. The molecule has 2 radical (unpaired) electrons. The summed E-state index contributed by atoms with van der Waals surface area (Å²) in [7, 11) is -0.833. The van der Waals surface area contributed by atoms with Crippen molar-refractivity contribution in [1.29, 1.82) is 0 Å². The van der Waals surface area contributed by atoms with Gasteiger partial charge in [-0.25, -0.2) is 4.57 Å². The Morgan fingerprint density at radius 2 is 1.50 bits per heavy atom. The van der Waals surface area contributed by atoms with Gasteiger partial charge in [-0.3, -0.25) is 0 Å². The Hall–Kier alpha value is 2.27. The van der Waals surface area contributed by atoms with Crippen molar-refractivity contribution in [2.45, 2.75) is 0 Å². The van der Waals surface area contributed by atoms with Crippen LogP contribution in [-0.4, -0.2) is 61.7 Å². The van der Waals surface area contributed by atoms with Gasteiger partial charge in [0.1, 0.15) is 0 Å². The maximum atomic E-state index is 8.46. The maximum absolute atomic E-state index is 8.46. The molecule has 6 heavy (non-hydrogen) atoms. The molecule has 0 saturated heterocycles. The Kier molecular flexibility index (Phi) is 107. The second-order valence-electron chi connectivity index (χ2n) is 0.0816.